The average molecular weight is 329 g/mol. The Labute approximate surface area is 144 Å². The van der Waals surface area contributed by atoms with Crippen molar-refractivity contribution in [3.63, 3.8) is 0 Å². The predicted molar refractivity (Wildman–Crippen MR) is 96.1 cm³/mol. The minimum atomic E-state index is -0.130. The molecule has 2 aliphatic heterocycles. The van der Waals surface area contributed by atoms with E-state index in [2.05, 4.69) is 17.1 Å². The summed E-state index contributed by atoms with van der Waals surface area (Å²) < 4.78 is 0. The Kier molecular flexibility index (Phi) is 5.19. The smallest absolute Gasteiger partial charge is 0.241 e. The van der Waals surface area contributed by atoms with Crippen molar-refractivity contribution >= 4 is 23.2 Å². The molecule has 130 valence electrons. The van der Waals surface area contributed by atoms with Gasteiger partial charge in [0.1, 0.15) is 0 Å². The first kappa shape index (κ1) is 17.0. The quantitative estimate of drug-likeness (QED) is 0.924. The summed E-state index contributed by atoms with van der Waals surface area (Å²) in [5, 5.41) is 3.01. The Morgan fingerprint density at radius 3 is 2.67 bits per heavy atom. The first-order valence-corrected chi connectivity index (χ1v) is 9.00. The zero-order chi connectivity index (χ0) is 17.1. The zero-order valence-corrected chi connectivity index (χ0v) is 14.6. The maximum atomic E-state index is 12.6. The largest absolute Gasteiger partial charge is 0.325 e. The molecule has 2 aliphatic rings. The molecule has 1 atom stereocenters. The highest BCUT2D eigenvalue weighted by atomic mass is 16.2. The number of carbonyl (C=O) groups excluding carboxylic acids is 2. The van der Waals surface area contributed by atoms with E-state index >= 15 is 0 Å². The second-order valence-corrected chi connectivity index (χ2v) is 7.08. The van der Waals surface area contributed by atoms with Crippen LogP contribution in [0.1, 0.15) is 39.5 Å². The molecule has 24 heavy (non-hydrogen) atoms. The van der Waals surface area contributed by atoms with E-state index in [9.17, 15) is 9.59 Å². The summed E-state index contributed by atoms with van der Waals surface area (Å²) in [5.74, 6) is 0.940. The number of nitrogens with zero attached hydrogens (tertiary/aromatic N) is 2. The lowest BCUT2D eigenvalue weighted by molar-refractivity contribution is -0.121. The van der Waals surface area contributed by atoms with Gasteiger partial charge in [-0.2, -0.15) is 0 Å². The summed E-state index contributed by atoms with van der Waals surface area (Å²) >= 11 is 0. The number of benzene rings is 1. The zero-order valence-electron chi connectivity index (χ0n) is 14.6. The van der Waals surface area contributed by atoms with Gasteiger partial charge in [-0.1, -0.05) is 13.0 Å². The Balaban J connectivity index is 1.63. The SMILES string of the molecule is CC1CCN(C(C)C(=O)Nc2cccc(N3CCCC3=O)c2)CC1. The van der Waals surface area contributed by atoms with Crippen LogP contribution in [0.15, 0.2) is 24.3 Å². The molecule has 2 fully saturated rings. The van der Waals surface area contributed by atoms with Crippen molar-refractivity contribution in [3.05, 3.63) is 24.3 Å². The molecule has 2 amide bonds. The molecule has 5 heteroatoms. The van der Waals surface area contributed by atoms with Gasteiger partial charge in [0.15, 0.2) is 0 Å². The molecular weight excluding hydrogens is 302 g/mol. The third kappa shape index (κ3) is 3.78. The van der Waals surface area contributed by atoms with Gasteiger partial charge in [0.25, 0.3) is 0 Å². The number of amides is 2. The van der Waals surface area contributed by atoms with Crippen molar-refractivity contribution in [1.82, 2.24) is 4.90 Å². The number of rotatable bonds is 4. The van der Waals surface area contributed by atoms with Gasteiger partial charge in [0.05, 0.1) is 6.04 Å². The summed E-state index contributed by atoms with van der Waals surface area (Å²) in [4.78, 5) is 28.5. The van der Waals surface area contributed by atoms with Crippen LogP contribution < -0.4 is 10.2 Å². The fourth-order valence-corrected chi connectivity index (χ4v) is 3.50. The van der Waals surface area contributed by atoms with Crippen LogP contribution in [0.2, 0.25) is 0 Å². The van der Waals surface area contributed by atoms with Gasteiger partial charge < -0.3 is 10.2 Å². The molecule has 0 spiro atoms. The van der Waals surface area contributed by atoms with Crippen LogP contribution >= 0.6 is 0 Å². The molecule has 1 unspecified atom stereocenters. The molecule has 5 nitrogen and oxygen atoms in total. The third-order valence-electron chi connectivity index (χ3n) is 5.24. The van der Waals surface area contributed by atoms with Gasteiger partial charge in [-0.15, -0.1) is 0 Å². The fourth-order valence-electron chi connectivity index (χ4n) is 3.50. The van der Waals surface area contributed by atoms with E-state index in [4.69, 9.17) is 0 Å². The normalized spacial score (nSPS) is 21.1. The molecule has 0 aromatic heterocycles. The Morgan fingerprint density at radius 2 is 2.00 bits per heavy atom. The van der Waals surface area contributed by atoms with Gasteiger partial charge in [-0.3, -0.25) is 14.5 Å². The third-order valence-corrected chi connectivity index (χ3v) is 5.24. The van der Waals surface area contributed by atoms with E-state index in [-0.39, 0.29) is 17.9 Å². The monoisotopic (exact) mass is 329 g/mol. The lowest BCUT2D eigenvalue weighted by Gasteiger charge is -2.34. The molecule has 0 aliphatic carbocycles. The van der Waals surface area contributed by atoms with E-state index in [0.29, 0.717) is 6.42 Å². The molecule has 2 heterocycles. The van der Waals surface area contributed by atoms with Crippen LogP contribution in [0, 0.1) is 5.92 Å². The lowest BCUT2D eigenvalue weighted by atomic mass is 9.98. The number of likely N-dealkylation sites (tertiary alicyclic amines) is 1. The maximum Gasteiger partial charge on any atom is 0.241 e. The van der Waals surface area contributed by atoms with Crippen molar-refractivity contribution in [2.24, 2.45) is 5.92 Å². The molecular formula is C19H27N3O2. The van der Waals surface area contributed by atoms with Gasteiger partial charge in [0, 0.05) is 24.3 Å². The Morgan fingerprint density at radius 1 is 1.25 bits per heavy atom. The minimum absolute atomic E-state index is 0.0226. The summed E-state index contributed by atoms with van der Waals surface area (Å²) in [6.45, 7) is 6.97. The van der Waals surface area contributed by atoms with Crippen LogP contribution in [0.5, 0.6) is 0 Å². The van der Waals surface area contributed by atoms with Crippen LogP contribution in [-0.2, 0) is 9.59 Å². The minimum Gasteiger partial charge on any atom is -0.325 e. The molecule has 3 rings (SSSR count). The van der Waals surface area contributed by atoms with Crippen molar-refractivity contribution in [2.45, 2.75) is 45.6 Å². The second-order valence-electron chi connectivity index (χ2n) is 7.08. The number of hydrogen-bond donors (Lipinski definition) is 1. The molecule has 1 aromatic carbocycles. The first-order chi connectivity index (χ1) is 11.5. The highest BCUT2D eigenvalue weighted by molar-refractivity contribution is 5.98. The van der Waals surface area contributed by atoms with Gasteiger partial charge in [-0.05, 0) is 63.4 Å². The second kappa shape index (κ2) is 7.34. The first-order valence-electron chi connectivity index (χ1n) is 9.00. The number of nitrogens with one attached hydrogen (secondary N) is 1. The molecule has 1 N–H and O–H groups in total. The standard InChI is InChI=1S/C19H27N3O2/c1-14-8-11-21(12-9-14)15(2)19(24)20-16-5-3-6-17(13-16)22-10-4-7-18(22)23/h3,5-6,13-15H,4,7-12H2,1-2H3,(H,20,24). The van der Waals surface area contributed by atoms with Crippen LogP contribution in [0.4, 0.5) is 11.4 Å². The molecule has 0 radical (unpaired) electrons. The molecule has 2 saturated heterocycles. The average Bonchev–Trinajstić information content (AvgIpc) is 3.01. The lowest BCUT2D eigenvalue weighted by Crippen LogP contribution is -2.45. The summed E-state index contributed by atoms with van der Waals surface area (Å²) in [6, 6.07) is 7.46. The molecule has 0 bridgehead atoms. The molecule has 1 aromatic rings. The number of carbonyl (C=O) groups is 2. The van der Waals surface area contributed by atoms with E-state index in [1.165, 1.54) is 0 Å². The number of anilines is 2. The predicted octanol–water partition coefficient (Wildman–Crippen LogP) is 2.87. The van der Waals surface area contributed by atoms with Gasteiger partial charge in [-0.25, -0.2) is 0 Å². The van der Waals surface area contributed by atoms with Crippen LogP contribution in [0.25, 0.3) is 0 Å². The van der Waals surface area contributed by atoms with E-state index < -0.39 is 0 Å². The topological polar surface area (TPSA) is 52.7 Å². The Hall–Kier alpha value is -1.88. The van der Waals surface area contributed by atoms with Gasteiger partial charge >= 0.3 is 0 Å². The summed E-state index contributed by atoms with van der Waals surface area (Å²) in [7, 11) is 0. The molecule has 0 saturated carbocycles. The number of piperidine rings is 1. The van der Waals surface area contributed by atoms with E-state index in [1.54, 1.807) is 4.90 Å². The van der Waals surface area contributed by atoms with Crippen LogP contribution in [-0.4, -0.2) is 42.4 Å². The Bertz CT molecular complexity index is 608. The fraction of sp³-hybridized carbons (Fsp3) is 0.579. The highest BCUT2D eigenvalue weighted by Gasteiger charge is 2.26. The van der Waals surface area contributed by atoms with Gasteiger partial charge in [0.2, 0.25) is 11.8 Å². The van der Waals surface area contributed by atoms with E-state index in [0.717, 1.165) is 56.2 Å². The highest BCUT2D eigenvalue weighted by Crippen LogP contribution is 2.25. The maximum absolute atomic E-state index is 12.6. The number of hydrogen-bond acceptors (Lipinski definition) is 3. The van der Waals surface area contributed by atoms with Crippen molar-refractivity contribution < 1.29 is 9.59 Å². The van der Waals surface area contributed by atoms with Crippen molar-refractivity contribution in [1.29, 1.82) is 0 Å². The van der Waals surface area contributed by atoms with Crippen LogP contribution in [0.3, 0.4) is 0 Å². The summed E-state index contributed by atoms with van der Waals surface area (Å²) in [5.41, 5.74) is 1.63. The van der Waals surface area contributed by atoms with E-state index in [1.807, 2.05) is 31.2 Å². The van der Waals surface area contributed by atoms with Crippen molar-refractivity contribution in [3.8, 4) is 0 Å². The van der Waals surface area contributed by atoms with Crippen molar-refractivity contribution in [2.75, 3.05) is 29.9 Å². The summed E-state index contributed by atoms with van der Waals surface area (Å²) in [6.07, 6.45) is 3.83.